The first-order chi connectivity index (χ1) is 13.6. The topological polar surface area (TPSA) is 57.9 Å². The Balaban J connectivity index is 0.00000136. The van der Waals surface area contributed by atoms with E-state index in [2.05, 4.69) is 9.71 Å². The van der Waals surface area contributed by atoms with Gasteiger partial charge in [0.25, 0.3) is 0 Å². The highest BCUT2D eigenvalue weighted by Crippen LogP contribution is 2.32. The molecule has 7 heteroatoms. The van der Waals surface area contributed by atoms with Crippen molar-refractivity contribution in [3.05, 3.63) is 70.3 Å². The Bertz CT molecular complexity index is 972. The molecule has 144 valence electrons. The van der Waals surface area contributed by atoms with E-state index in [0.717, 1.165) is 21.9 Å². The Morgan fingerprint density at radius 3 is 2.36 bits per heavy atom. The van der Waals surface area contributed by atoms with Gasteiger partial charge in [0.15, 0.2) is 0 Å². The van der Waals surface area contributed by atoms with Crippen LogP contribution in [0, 0.1) is 11.3 Å². The molecule has 1 N–H and O–H groups in total. The van der Waals surface area contributed by atoms with Gasteiger partial charge in [-0.2, -0.15) is 5.26 Å². The van der Waals surface area contributed by atoms with E-state index in [4.69, 9.17) is 33.2 Å². The van der Waals surface area contributed by atoms with Gasteiger partial charge in [0, 0.05) is 11.3 Å². The Labute approximate surface area is 179 Å². The second-order valence-electron chi connectivity index (χ2n) is 5.22. The molecular formula is C21H19Cl2N3OS. The molecule has 28 heavy (non-hydrogen) atoms. The van der Waals surface area contributed by atoms with Gasteiger partial charge in [0.2, 0.25) is 0 Å². The molecule has 2 aromatic carbocycles. The van der Waals surface area contributed by atoms with Crippen molar-refractivity contribution in [2.24, 2.45) is 0 Å². The molecule has 0 aliphatic carbocycles. The summed E-state index contributed by atoms with van der Waals surface area (Å²) >= 11 is 13.6. The molecule has 3 rings (SSSR count). The van der Waals surface area contributed by atoms with Gasteiger partial charge in [0.1, 0.15) is 17.0 Å². The number of hydrogen-bond acceptors (Lipinski definition) is 5. The third-order valence-corrected chi connectivity index (χ3v) is 5.19. The molecule has 0 aliphatic rings. The zero-order valence-electron chi connectivity index (χ0n) is 15.7. The number of aromatic nitrogens is 1. The van der Waals surface area contributed by atoms with Crippen molar-refractivity contribution in [2.45, 2.75) is 18.7 Å². The summed E-state index contributed by atoms with van der Waals surface area (Å²) < 4.78 is 8.46. The number of anilines is 1. The van der Waals surface area contributed by atoms with Gasteiger partial charge in [-0.05, 0) is 54.4 Å². The zero-order chi connectivity index (χ0) is 20.5. The molecule has 0 amide bonds. The second kappa shape index (κ2) is 10.8. The van der Waals surface area contributed by atoms with E-state index in [0.29, 0.717) is 16.3 Å². The van der Waals surface area contributed by atoms with E-state index in [9.17, 15) is 0 Å². The van der Waals surface area contributed by atoms with Gasteiger partial charge in [-0.1, -0.05) is 49.2 Å². The van der Waals surface area contributed by atoms with Crippen LogP contribution in [0.2, 0.25) is 10.2 Å². The van der Waals surface area contributed by atoms with Crippen LogP contribution in [0.5, 0.6) is 5.75 Å². The Morgan fingerprint density at radius 1 is 1.04 bits per heavy atom. The van der Waals surface area contributed by atoms with Crippen molar-refractivity contribution in [1.29, 1.82) is 5.26 Å². The van der Waals surface area contributed by atoms with Crippen LogP contribution in [-0.2, 0) is 0 Å². The normalized spacial score (nSPS) is 9.71. The van der Waals surface area contributed by atoms with E-state index in [-0.39, 0.29) is 5.15 Å². The summed E-state index contributed by atoms with van der Waals surface area (Å²) in [6, 6.07) is 18.7. The quantitative estimate of drug-likeness (QED) is 0.345. The predicted octanol–water partition coefficient (Wildman–Crippen LogP) is 7.08. The summed E-state index contributed by atoms with van der Waals surface area (Å²) in [4.78, 5) is 5.13. The molecule has 0 unspecified atom stereocenters. The molecular weight excluding hydrogens is 413 g/mol. The summed E-state index contributed by atoms with van der Waals surface area (Å²) in [6.45, 7) is 4.00. The molecule has 0 spiro atoms. The van der Waals surface area contributed by atoms with Gasteiger partial charge >= 0.3 is 0 Å². The average Bonchev–Trinajstić information content (AvgIpc) is 2.75. The first-order valence-electron chi connectivity index (χ1n) is 8.54. The minimum atomic E-state index is 0.204. The largest absolute Gasteiger partial charge is 0.497 e. The van der Waals surface area contributed by atoms with Crippen LogP contribution in [0.4, 0.5) is 5.69 Å². The fourth-order valence-corrected chi connectivity index (χ4v) is 3.32. The fourth-order valence-electron chi connectivity index (χ4n) is 2.19. The van der Waals surface area contributed by atoms with Gasteiger partial charge in [0.05, 0.1) is 28.3 Å². The number of ether oxygens (including phenoxy) is 1. The lowest BCUT2D eigenvalue weighted by molar-refractivity contribution is 0.413. The average molecular weight is 432 g/mol. The van der Waals surface area contributed by atoms with Crippen molar-refractivity contribution < 1.29 is 4.74 Å². The second-order valence-corrected chi connectivity index (χ2v) is 6.84. The first-order valence-corrected chi connectivity index (χ1v) is 10.1. The summed E-state index contributed by atoms with van der Waals surface area (Å²) in [5, 5.41) is 9.77. The number of hydrogen-bond donors (Lipinski definition) is 1. The molecule has 0 bridgehead atoms. The number of nitrogens with zero attached hydrogens (tertiary/aromatic N) is 2. The maximum atomic E-state index is 8.92. The molecule has 0 radical (unpaired) electrons. The van der Waals surface area contributed by atoms with Crippen molar-refractivity contribution >= 4 is 40.8 Å². The lowest BCUT2D eigenvalue weighted by Gasteiger charge is -2.09. The van der Waals surface area contributed by atoms with Gasteiger partial charge in [-0.25, -0.2) is 4.98 Å². The van der Waals surface area contributed by atoms with E-state index in [1.54, 1.807) is 25.3 Å². The molecule has 4 nitrogen and oxygen atoms in total. The fraction of sp³-hybridized carbons (Fsp3) is 0.143. The zero-order valence-corrected chi connectivity index (χ0v) is 18.0. The SMILES string of the molecule is CC.COc1ccc(Cl)c(SNc2ccc(-c3ccc(C#N)c(Cl)n3)cc2)c1. The number of benzene rings is 2. The number of halogens is 2. The smallest absolute Gasteiger partial charge is 0.147 e. The molecule has 0 atom stereocenters. The first kappa shape index (κ1) is 21.9. The molecule has 0 saturated heterocycles. The van der Waals surface area contributed by atoms with Crippen molar-refractivity contribution in [3.8, 4) is 23.1 Å². The number of nitrogens with one attached hydrogen (secondary N) is 1. The summed E-state index contributed by atoms with van der Waals surface area (Å²) in [5.74, 6) is 0.748. The molecule has 0 aliphatic heterocycles. The Hall–Kier alpha value is -2.39. The monoisotopic (exact) mass is 431 g/mol. The van der Waals surface area contributed by atoms with Crippen LogP contribution >= 0.6 is 35.1 Å². The lowest BCUT2D eigenvalue weighted by Crippen LogP contribution is -1.90. The van der Waals surface area contributed by atoms with Crippen molar-refractivity contribution in [1.82, 2.24) is 4.98 Å². The van der Waals surface area contributed by atoms with Crippen LogP contribution in [-0.4, -0.2) is 12.1 Å². The van der Waals surface area contributed by atoms with Gasteiger partial charge in [-0.3, -0.25) is 0 Å². The van der Waals surface area contributed by atoms with Crippen LogP contribution < -0.4 is 9.46 Å². The third kappa shape index (κ3) is 5.56. The highest BCUT2D eigenvalue weighted by molar-refractivity contribution is 8.00. The van der Waals surface area contributed by atoms with E-state index >= 15 is 0 Å². The van der Waals surface area contributed by atoms with Crippen LogP contribution in [0.3, 0.4) is 0 Å². The number of pyridine rings is 1. The third-order valence-electron chi connectivity index (χ3n) is 3.57. The number of nitriles is 1. The van der Waals surface area contributed by atoms with E-state index < -0.39 is 0 Å². The molecule has 1 heterocycles. The highest BCUT2D eigenvalue weighted by Gasteiger charge is 2.06. The Kier molecular flexibility index (Phi) is 8.46. The Morgan fingerprint density at radius 2 is 1.75 bits per heavy atom. The molecule has 1 aromatic heterocycles. The standard InChI is InChI=1S/C19H13Cl2N3OS.C2H6/c1-25-15-7-8-16(20)18(10-15)26-24-14-5-2-12(3-6-14)17-9-4-13(11-22)19(21)23-17;1-2/h2-10,24H,1H3;1-2H3. The summed E-state index contributed by atoms with van der Waals surface area (Å²) in [5.41, 5.74) is 2.90. The summed E-state index contributed by atoms with van der Waals surface area (Å²) in [6.07, 6.45) is 0. The molecule has 3 aromatic rings. The number of rotatable bonds is 5. The number of methoxy groups -OCH3 is 1. The van der Waals surface area contributed by atoms with Crippen LogP contribution in [0.15, 0.2) is 59.5 Å². The molecule has 0 saturated carbocycles. The maximum absolute atomic E-state index is 8.92. The summed E-state index contributed by atoms with van der Waals surface area (Å²) in [7, 11) is 1.62. The van der Waals surface area contributed by atoms with Crippen LogP contribution in [0.25, 0.3) is 11.3 Å². The van der Waals surface area contributed by atoms with Gasteiger partial charge in [-0.15, -0.1) is 0 Å². The lowest BCUT2D eigenvalue weighted by atomic mass is 10.1. The van der Waals surface area contributed by atoms with Gasteiger partial charge < -0.3 is 9.46 Å². The maximum Gasteiger partial charge on any atom is 0.147 e. The predicted molar refractivity (Wildman–Crippen MR) is 118 cm³/mol. The molecule has 0 fully saturated rings. The highest BCUT2D eigenvalue weighted by atomic mass is 35.5. The van der Waals surface area contributed by atoms with Crippen LogP contribution in [0.1, 0.15) is 19.4 Å². The van der Waals surface area contributed by atoms with E-state index in [1.165, 1.54) is 11.9 Å². The minimum Gasteiger partial charge on any atom is -0.497 e. The van der Waals surface area contributed by atoms with E-state index in [1.807, 2.05) is 56.3 Å². The van der Waals surface area contributed by atoms with Crippen molar-refractivity contribution in [3.63, 3.8) is 0 Å². The minimum absolute atomic E-state index is 0.204. The van der Waals surface area contributed by atoms with Crippen molar-refractivity contribution in [2.75, 3.05) is 11.8 Å².